The van der Waals surface area contributed by atoms with Gasteiger partial charge in [0, 0.05) is 18.7 Å². The molecule has 2 aromatic carbocycles. The van der Waals surface area contributed by atoms with E-state index in [2.05, 4.69) is 31.3 Å². The zero-order valence-electron chi connectivity index (χ0n) is 19.3. The Morgan fingerprint density at radius 3 is 2.13 bits per heavy atom. The van der Waals surface area contributed by atoms with Crippen molar-refractivity contribution in [3.05, 3.63) is 63.7 Å². The maximum Gasteiger partial charge on any atom is 0.252 e. The maximum absolute atomic E-state index is 13.2. The number of benzene rings is 2. The van der Waals surface area contributed by atoms with E-state index in [0.29, 0.717) is 18.7 Å². The Balaban J connectivity index is 1.86. The summed E-state index contributed by atoms with van der Waals surface area (Å²) in [6, 6.07) is 8.94. The molecule has 1 atom stereocenters. The molecular weight excluding hydrogens is 408 g/mol. The molecule has 168 valence electrons. The highest BCUT2D eigenvalue weighted by molar-refractivity contribution is 7.89. The van der Waals surface area contributed by atoms with Gasteiger partial charge < -0.3 is 5.32 Å². The lowest BCUT2D eigenvalue weighted by Gasteiger charge is -2.21. The maximum atomic E-state index is 13.2. The number of carbonyl (C=O) groups is 1. The summed E-state index contributed by atoms with van der Waals surface area (Å²) in [6.07, 6.45) is 3.88. The molecule has 0 aromatic heterocycles. The van der Waals surface area contributed by atoms with Crippen LogP contribution in [0.15, 0.2) is 35.2 Å². The fraction of sp³-hybridized carbons (Fsp3) is 0.480. The van der Waals surface area contributed by atoms with E-state index in [1.54, 1.807) is 16.4 Å². The van der Waals surface area contributed by atoms with E-state index in [9.17, 15) is 13.2 Å². The number of hydrogen-bond donors (Lipinski definition) is 1. The predicted molar refractivity (Wildman–Crippen MR) is 125 cm³/mol. The third-order valence-electron chi connectivity index (χ3n) is 6.35. The molecule has 1 saturated heterocycles. The van der Waals surface area contributed by atoms with Crippen LogP contribution in [0.2, 0.25) is 0 Å². The van der Waals surface area contributed by atoms with Crippen LogP contribution in [-0.4, -0.2) is 31.7 Å². The van der Waals surface area contributed by atoms with Gasteiger partial charge in [-0.05, 0) is 87.4 Å². The lowest BCUT2D eigenvalue weighted by Crippen LogP contribution is -2.32. The molecule has 1 N–H and O–H groups in total. The minimum atomic E-state index is -3.60. The molecule has 1 aliphatic heterocycles. The van der Waals surface area contributed by atoms with Crippen molar-refractivity contribution in [2.45, 2.75) is 71.2 Å². The molecular formula is C25H34N2O3S. The van der Waals surface area contributed by atoms with Crippen LogP contribution in [0.1, 0.15) is 76.8 Å². The Morgan fingerprint density at radius 1 is 0.871 bits per heavy atom. The van der Waals surface area contributed by atoms with Crippen molar-refractivity contribution in [3.63, 3.8) is 0 Å². The number of amides is 1. The van der Waals surface area contributed by atoms with Crippen LogP contribution in [0.25, 0.3) is 0 Å². The van der Waals surface area contributed by atoms with Crippen molar-refractivity contribution in [1.29, 1.82) is 0 Å². The van der Waals surface area contributed by atoms with Gasteiger partial charge in [-0.1, -0.05) is 31.0 Å². The average Bonchev–Trinajstić information content (AvgIpc) is 3.01. The molecule has 0 saturated carbocycles. The van der Waals surface area contributed by atoms with E-state index in [1.807, 2.05) is 20.8 Å². The largest absolute Gasteiger partial charge is 0.345 e. The van der Waals surface area contributed by atoms with E-state index >= 15 is 0 Å². The van der Waals surface area contributed by atoms with Gasteiger partial charge in [-0.25, -0.2) is 8.42 Å². The topological polar surface area (TPSA) is 66.5 Å². The summed E-state index contributed by atoms with van der Waals surface area (Å²) < 4.78 is 27.9. The molecule has 0 unspecified atom stereocenters. The van der Waals surface area contributed by atoms with Crippen LogP contribution in [-0.2, 0) is 10.0 Å². The van der Waals surface area contributed by atoms with E-state index in [1.165, 1.54) is 17.2 Å². The number of nitrogens with one attached hydrogen (secondary N) is 1. The molecule has 0 radical (unpaired) electrons. The summed E-state index contributed by atoms with van der Waals surface area (Å²) in [4.78, 5) is 13.3. The lowest BCUT2D eigenvalue weighted by atomic mass is 9.96. The van der Waals surface area contributed by atoms with Gasteiger partial charge in [-0.3, -0.25) is 4.79 Å². The van der Waals surface area contributed by atoms with Crippen molar-refractivity contribution >= 4 is 15.9 Å². The summed E-state index contributed by atoms with van der Waals surface area (Å²) in [6.45, 7) is 11.1. The number of rotatable bonds is 5. The highest BCUT2D eigenvalue weighted by Gasteiger charge is 2.26. The van der Waals surface area contributed by atoms with Crippen LogP contribution in [0.4, 0.5) is 0 Å². The Labute approximate surface area is 186 Å². The number of carbonyl (C=O) groups excluding carboxylic acids is 1. The molecule has 5 nitrogen and oxygen atoms in total. The molecule has 1 amide bonds. The molecule has 1 heterocycles. The van der Waals surface area contributed by atoms with Gasteiger partial charge in [0.25, 0.3) is 5.91 Å². The summed E-state index contributed by atoms with van der Waals surface area (Å²) in [5.41, 5.74) is 5.78. The van der Waals surface area contributed by atoms with Gasteiger partial charge in [0.1, 0.15) is 0 Å². The summed E-state index contributed by atoms with van der Waals surface area (Å²) in [5, 5.41) is 3.06. The first-order valence-electron chi connectivity index (χ1n) is 11.1. The van der Waals surface area contributed by atoms with Gasteiger partial charge in [0.2, 0.25) is 10.0 Å². The van der Waals surface area contributed by atoms with Crippen LogP contribution < -0.4 is 5.32 Å². The van der Waals surface area contributed by atoms with E-state index < -0.39 is 10.0 Å². The molecule has 1 fully saturated rings. The van der Waals surface area contributed by atoms with Gasteiger partial charge in [0.15, 0.2) is 0 Å². The second kappa shape index (κ2) is 9.53. The first-order chi connectivity index (χ1) is 14.6. The number of aryl methyl sites for hydroxylation is 4. The Kier molecular flexibility index (Phi) is 7.22. The predicted octanol–water partition coefficient (Wildman–Crippen LogP) is 4.98. The molecule has 3 rings (SSSR count). The molecule has 31 heavy (non-hydrogen) atoms. The number of nitrogens with zero attached hydrogens (tertiary/aromatic N) is 1. The minimum Gasteiger partial charge on any atom is -0.345 e. The van der Waals surface area contributed by atoms with E-state index in [4.69, 9.17) is 0 Å². The standard InChI is InChI=1S/C25H34N2O3S/c1-17-10-11-22(31(29,30)27-12-8-6-7-9-13-27)16-24(17)25(28)26-21(5)23-15-19(3)18(2)14-20(23)4/h10-11,14-16,21H,6-9,12-13H2,1-5H3,(H,26,28)/t21-/m0/s1. The fourth-order valence-electron chi connectivity index (χ4n) is 4.24. The SMILES string of the molecule is Cc1cc(C)c([C@H](C)NC(=O)c2cc(S(=O)(=O)N3CCCCCC3)ccc2C)cc1C. The van der Waals surface area contributed by atoms with Gasteiger partial charge >= 0.3 is 0 Å². The quantitative estimate of drug-likeness (QED) is 0.710. The first-order valence-corrected chi connectivity index (χ1v) is 12.5. The van der Waals surface area contributed by atoms with Crippen LogP contribution in [0.5, 0.6) is 0 Å². The zero-order chi connectivity index (χ0) is 22.8. The lowest BCUT2D eigenvalue weighted by molar-refractivity contribution is 0.0939. The van der Waals surface area contributed by atoms with Crippen molar-refractivity contribution in [1.82, 2.24) is 9.62 Å². The molecule has 6 heteroatoms. The zero-order valence-corrected chi connectivity index (χ0v) is 20.1. The molecule has 1 aliphatic rings. The highest BCUT2D eigenvalue weighted by Crippen LogP contribution is 2.25. The van der Waals surface area contributed by atoms with Crippen molar-refractivity contribution < 1.29 is 13.2 Å². The first kappa shape index (κ1) is 23.5. The van der Waals surface area contributed by atoms with Gasteiger partial charge in [-0.2, -0.15) is 4.31 Å². The Hall–Kier alpha value is -2.18. The highest BCUT2D eigenvalue weighted by atomic mass is 32.2. The second-order valence-electron chi connectivity index (χ2n) is 8.78. The minimum absolute atomic E-state index is 0.183. The molecule has 0 aliphatic carbocycles. The van der Waals surface area contributed by atoms with Gasteiger partial charge in [-0.15, -0.1) is 0 Å². The van der Waals surface area contributed by atoms with Crippen LogP contribution in [0, 0.1) is 27.7 Å². The summed E-state index contributed by atoms with van der Waals surface area (Å²) in [7, 11) is -3.60. The number of hydrogen-bond acceptors (Lipinski definition) is 3. The average molecular weight is 443 g/mol. The third-order valence-corrected chi connectivity index (χ3v) is 8.25. The van der Waals surface area contributed by atoms with Crippen LogP contribution in [0.3, 0.4) is 0 Å². The van der Waals surface area contributed by atoms with Gasteiger partial charge in [0.05, 0.1) is 10.9 Å². The monoisotopic (exact) mass is 442 g/mol. The Bertz CT molecular complexity index is 1070. The summed E-state index contributed by atoms with van der Waals surface area (Å²) in [5.74, 6) is -0.254. The van der Waals surface area contributed by atoms with Crippen LogP contribution >= 0.6 is 0 Å². The summed E-state index contributed by atoms with van der Waals surface area (Å²) >= 11 is 0. The van der Waals surface area contributed by atoms with Crippen molar-refractivity contribution in [2.75, 3.05) is 13.1 Å². The molecule has 2 aromatic rings. The van der Waals surface area contributed by atoms with E-state index in [-0.39, 0.29) is 16.8 Å². The third kappa shape index (κ3) is 5.18. The normalized spacial score (nSPS) is 16.5. The van der Waals surface area contributed by atoms with Crippen molar-refractivity contribution in [3.8, 4) is 0 Å². The molecule has 0 spiro atoms. The van der Waals surface area contributed by atoms with Crippen molar-refractivity contribution in [2.24, 2.45) is 0 Å². The Morgan fingerprint density at radius 2 is 1.48 bits per heavy atom. The second-order valence-corrected chi connectivity index (χ2v) is 10.7. The fourth-order valence-corrected chi connectivity index (χ4v) is 5.78. The number of sulfonamides is 1. The molecule has 0 bridgehead atoms. The smallest absolute Gasteiger partial charge is 0.252 e. The van der Waals surface area contributed by atoms with E-state index in [0.717, 1.165) is 42.4 Å².